The lowest BCUT2D eigenvalue weighted by Crippen LogP contribution is -2.42. The van der Waals surface area contributed by atoms with E-state index in [9.17, 15) is 4.79 Å². The van der Waals surface area contributed by atoms with E-state index in [1.165, 1.54) is 0 Å². The quantitative estimate of drug-likeness (QED) is 0.779. The summed E-state index contributed by atoms with van der Waals surface area (Å²) in [5.41, 5.74) is 0.504. The van der Waals surface area contributed by atoms with Crippen LogP contribution in [-0.2, 0) is 7.05 Å². The first-order chi connectivity index (χ1) is 8.47. The summed E-state index contributed by atoms with van der Waals surface area (Å²) in [7, 11) is 1.82. The fourth-order valence-electron chi connectivity index (χ4n) is 1.82. The number of aromatic nitrogens is 2. The van der Waals surface area contributed by atoms with E-state index >= 15 is 0 Å². The summed E-state index contributed by atoms with van der Waals surface area (Å²) in [5, 5.41) is 7.15. The van der Waals surface area contributed by atoms with Crippen LogP contribution in [-0.4, -0.2) is 46.3 Å². The highest BCUT2D eigenvalue weighted by molar-refractivity contribution is 14.1. The Bertz CT molecular complexity index is 401. The van der Waals surface area contributed by atoms with Crippen LogP contribution in [0.5, 0.6) is 0 Å². The Morgan fingerprint density at radius 1 is 1.56 bits per heavy atom. The summed E-state index contributed by atoms with van der Waals surface area (Å²) in [6, 6.07) is 0.121. The van der Waals surface area contributed by atoms with Gasteiger partial charge in [0.15, 0.2) is 5.69 Å². The van der Waals surface area contributed by atoms with Crippen LogP contribution < -0.4 is 5.32 Å². The van der Waals surface area contributed by atoms with Crippen molar-refractivity contribution in [2.45, 2.75) is 26.8 Å². The number of carbonyl (C=O) groups is 1. The first-order valence-corrected chi connectivity index (χ1v) is 7.28. The molecule has 1 unspecified atom stereocenters. The molecule has 0 aliphatic carbocycles. The minimum Gasteiger partial charge on any atom is -0.347 e. The van der Waals surface area contributed by atoms with Crippen molar-refractivity contribution >= 4 is 28.5 Å². The molecule has 1 aromatic rings. The number of likely N-dealkylation sites (N-methyl/N-ethyl adjacent to an activating group) is 1. The second kappa shape index (κ2) is 7.08. The fraction of sp³-hybridized carbons (Fsp3) is 0.667. The van der Waals surface area contributed by atoms with Crippen LogP contribution in [0.2, 0.25) is 0 Å². The second-order valence-electron chi connectivity index (χ2n) is 4.36. The van der Waals surface area contributed by atoms with Crippen LogP contribution in [0.4, 0.5) is 0 Å². The normalized spacial score (nSPS) is 12.8. The maximum Gasteiger partial charge on any atom is 0.273 e. The first-order valence-electron chi connectivity index (χ1n) is 6.20. The van der Waals surface area contributed by atoms with Crippen LogP contribution >= 0.6 is 22.6 Å². The Morgan fingerprint density at radius 2 is 2.17 bits per heavy atom. The van der Waals surface area contributed by atoms with Gasteiger partial charge in [-0.2, -0.15) is 5.10 Å². The molecule has 0 bridgehead atoms. The molecule has 1 aromatic heterocycles. The minimum absolute atomic E-state index is 0.0975. The molecule has 1 rings (SSSR count). The molecule has 1 atom stereocenters. The van der Waals surface area contributed by atoms with E-state index < -0.39 is 0 Å². The van der Waals surface area contributed by atoms with Gasteiger partial charge >= 0.3 is 0 Å². The van der Waals surface area contributed by atoms with Gasteiger partial charge in [0, 0.05) is 25.8 Å². The van der Waals surface area contributed by atoms with E-state index in [0.29, 0.717) is 5.69 Å². The van der Waals surface area contributed by atoms with E-state index in [1.54, 1.807) is 4.68 Å². The molecule has 102 valence electrons. The average Bonchev–Trinajstić information content (AvgIpc) is 2.65. The third kappa shape index (κ3) is 4.24. The zero-order valence-corrected chi connectivity index (χ0v) is 13.6. The molecule has 0 fully saturated rings. The van der Waals surface area contributed by atoms with Crippen LogP contribution in [0.15, 0.2) is 6.20 Å². The van der Waals surface area contributed by atoms with Crippen LogP contribution in [0, 0.1) is 3.57 Å². The van der Waals surface area contributed by atoms with Gasteiger partial charge in [-0.05, 0) is 42.6 Å². The summed E-state index contributed by atoms with van der Waals surface area (Å²) in [6.45, 7) is 9.13. The van der Waals surface area contributed by atoms with E-state index in [4.69, 9.17) is 0 Å². The van der Waals surface area contributed by atoms with Crippen molar-refractivity contribution in [1.82, 2.24) is 20.0 Å². The number of halogens is 1. The second-order valence-corrected chi connectivity index (χ2v) is 5.52. The van der Waals surface area contributed by atoms with Gasteiger partial charge in [-0.25, -0.2) is 0 Å². The van der Waals surface area contributed by atoms with Crippen molar-refractivity contribution < 1.29 is 4.79 Å². The van der Waals surface area contributed by atoms with Gasteiger partial charge in [-0.1, -0.05) is 13.8 Å². The molecule has 0 saturated heterocycles. The number of nitrogens with zero attached hydrogens (tertiary/aromatic N) is 3. The number of nitrogens with one attached hydrogen (secondary N) is 1. The third-order valence-electron chi connectivity index (χ3n) is 2.80. The van der Waals surface area contributed by atoms with E-state index in [2.05, 4.69) is 51.8 Å². The van der Waals surface area contributed by atoms with Crippen molar-refractivity contribution in [3.63, 3.8) is 0 Å². The predicted octanol–water partition coefficient (Wildman–Crippen LogP) is 1.48. The van der Waals surface area contributed by atoms with Crippen LogP contribution in [0.3, 0.4) is 0 Å². The molecule has 0 saturated carbocycles. The number of hydrogen-bond acceptors (Lipinski definition) is 3. The Balaban J connectivity index is 2.57. The summed E-state index contributed by atoms with van der Waals surface area (Å²) in [4.78, 5) is 14.3. The van der Waals surface area contributed by atoms with Gasteiger partial charge < -0.3 is 10.2 Å². The molecule has 5 nitrogen and oxygen atoms in total. The highest BCUT2D eigenvalue weighted by Gasteiger charge is 2.17. The number of hydrogen-bond donors (Lipinski definition) is 1. The first kappa shape index (κ1) is 15.4. The third-order valence-corrected chi connectivity index (χ3v) is 3.59. The van der Waals surface area contributed by atoms with E-state index in [1.807, 2.05) is 20.2 Å². The summed E-state index contributed by atoms with van der Waals surface area (Å²) >= 11 is 2.13. The molecule has 1 N–H and O–H groups in total. The number of aryl methyl sites for hydroxylation is 1. The van der Waals surface area contributed by atoms with Crippen molar-refractivity contribution in [3.8, 4) is 0 Å². The summed E-state index contributed by atoms with van der Waals surface area (Å²) in [6.07, 6.45) is 1.84. The van der Waals surface area contributed by atoms with Crippen LogP contribution in [0.25, 0.3) is 0 Å². The molecule has 1 amide bonds. The molecule has 18 heavy (non-hydrogen) atoms. The summed E-state index contributed by atoms with van der Waals surface area (Å²) < 4.78 is 2.54. The smallest absolute Gasteiger partial charge is 0.273 e. The Kier molecular flexibility index (Phi) is 6.07. The summed E-state index contributed by atoms with van der Waals surface area (Å²) in [5.74, 6) is -0.0975. The fourth-order valence-corrected chi connectivity index (χ4v) is 2.58. The molecule has 0 aliphatic rings. The van der Waals surface area contributed by atoms with Gasteiger partial charge in [-0.15, -0.1) is 0 Å². The molecular weight excluding hydrogens is 343 g/mol. The van der Waals surface area contributed by atoms with Gasteiger partial charge in [0.1, 0.15) is 0 Å². The van der Waals surface area contributed by atoms with Crippen molar-refractivity contribution in [1.29, 1.82) is 0 Å². The number of rotatable bonds is 6. The Morgan fingerprint density at radius 3 is 2.61 bits per heavy atom. The average molecular weight is 364 g/mol. The minimum atomic E-state index is -0.0975. The van der Waals surface area contributed by atoms with Crippen molar-refractivity contribution in [3.05, 3.63) is 15.5 Å². The molecule has 0 aromatic carbocycles. The largest absolute Gasteiger partial charge is 0.347 e. The molecule has 0 aliphatic heterocycles. The Labute approximate surface area is 122 Å². The molecule has 6 heteroatoms. The topological polar surface area (TPSA) is 50.2 Å². The highest BCUT2D eigenvalue weighted by atomic mass is 127. The monoisotopic (exact) mass is 364 g/mol. The maximum absolute atomic E-state index is 12.0. The van der Waals surface area contributed by atoms with Crippen molar-refractivity contribution in [2.24, 2.45) is 7.05 Å². The zero-order chi connectivity index (χ0) is 13.7. The van der Waals surface area contributed by atoms with Gasteiger partial charge in [0.25, 0.3) is 5.91 Å². The standard InChI is InChI=1S/C12H21IN4O/c1-5-17(6-2)7-9(3)14-12(18)11-10(13)8-16(4)15-11/h8-9H,5-7H2,1-4H3,(H,14,18). The van der Waals surface area contributed by atoms with Crippen molar-refractivity contribution in [2.75, 3.05) is 19.6 Å². The number of amides is 1. The SMILES string of the molecule is CCN(CC)CC(C)NC(=O)c1nn(C)cc1I. The lowest BCUT2D eigenvalue weighted by atomic mass is 10.3. The highest BCUT2D eigenvalue weighted by Crippen LogP contribution is 2.09. The number of carbonyl (C=O) groups excluding carboxylic acids is 1. The van der Waals surface area contributed by atoms with Gasteiger partial charge in [-0.3, -0.25) is 9.48 Å². The van der Waals surface area contributed by atoms with Gasteiger partial charge in [0.05, 0.1) is 3.57 Å². The lowest BCUT2D eigenvalue weighted by Gasteiger charge is -2.23. The maximum atomic E-state index is 12.0. The molecular formula is C12H21IN4O. The molecule has 0 radical (unpaired) electrons. The lowest BCUT2D eigenvalue weighted by molar-refractivity contribution is 0.0923. The van der Waals surface area contributed by atoms with E-state index in [0.717, 1.165) is 23.2 Å². The van der Waals surface area contributed by atoms with Crippen LogP contribution in [0.1, 0.15) is 31.3 Å². The molecule has 0 spiro atoms. The van der Waals surface area contributed by atoms with Gasteiger partial charge in [0.2, 0.25) is 0 Å². The Hall–Kier alpha value is -0.630. The predicted molar refractivity (Wildman–Crippen MR) is 80.6 cm³/mol. The van der Waals surface area contributed by atoms with E-state index in [-0.39, 0.29) is 11.9 Å². The zero-order valence-electron chi connectivity index (χ0n) is 11.4. The molecule has 1 heterocycles.